The Labute approximate surface area is 181 Å². The molecular weight excluding hydrogens is 406 g/mol. The lowest BCUT2D eigenvalue weighted by Gasteiger charge is -2.12. The molecule has 0 bridgehead atoms. The minimum absolute atomic E-state index is 0.0468. The summed E-state index contributed by atoms with van der Waals surface area (Å²) >= 11 is 0. The molecule has 0 saturated carbocycles. The predicted molar refractivity (Wildman–Crippen MR) is 114 cm³/mol. The first-order chi connectivity index (χ1) is 15.6. The van der Waals surface area contributed by atoms with Gasteiger partial charge < -0.3 is 0 Å². The maximum Gasteiger partial charge on any atom is 0.138 e. The molecule has 1 aromatic heterocycles. The summed E-state index contributed by atoms with van der Waals surface area (Å²) in [6.45, 7) is 0. The van der Waals surface area contributed by atoms with Crippen LogP contribution in [0.3, 0.4) is 0 Å². The van der Waals surface area contributed by atoms with Crippen LogP contribution < -0.4 is 0 Å². The summed E-state index contributed by atoms with van der Waals surface area (Å²) in [6, 6.07) is 18.5. The van der Waals surface area contributed by atoms with Crippen molar-refractivity contribution in [3.05, 3.63) is 106 Å². The fourth-order valence-corrected chi connectivity index (χ4v) is 4.44. The van der Waals surface area contributed by atoms with E-state index in [-0.39, 0.29) is 27.8 Å². The Hall–Kier alpha value is -4.86. The van der Waals surface area contributed by atoms with Crippen LogP contribution >= 0.6 is 0 Å². The number of allylic oxidation sites excluding steroid dienone is 5. The minimum atomic E-state index is -0.907. The highest BCUT2D eigenvalue weighted by atomic mass is 19.1. The maximum absolute atomic E-state index is 15.1. The van der Waals surface area contributed by atoms with Gasteiger partial charge in [0.15, 0.2) is 0 Å². The number of aromatic nitrogens is 1. The first kappa shape index (κ1) is 19.1. The standard InChI is InChI=1S/C26H10F2N4/c27-15-10-20-17(7-8-29)25(22(14(12-30)13-31)24(20)21(28)11-15)23-16-4-1-2-5-18(16)26-19(23)6-3-9-32-26/h1-7,9-11H/b17-7?,25-23+. The van der Waals surface area contributed by atoms with E-state index in [9.17, 15) is 20.2 Å². The lowest BCUT2D eigenvalue weighted by molar-refractivity contribution is 0.581. The smallest absolute Gasteiger partial charge is 0.138 e. The van der Waals surface area contributed by atoms with Gasteiger partial charge in [0.2, 0.25) is 0 Å². The lowest BCUT2D eigenvalue weighted by Crippen LogP contribution is -1.95. The number of nitrogens with zero attached hydrogens (tertiary/aromatic N) is 4. The van der Waals surface area contributed by atoms with E-state index >= 15 is 4.39 Å². The van der Waals surface area contributed by atoms with Gasteiger partial charge in [-0.1, -0.05) is 30.3 Å². The van der Waals surface area contributed by atoms with Gasteiger partial charge in [0.1, 0.15) is 29.3 Å². The third-order valence-electron chi connectivity index (χ3n) is 5.58. The van der Waals surface area contributed by atoms with Gasteiger partial charge in [-0.3, -0.25) is 4.98 Å². The molecule has 0 N–H and O–H groups in total. The molecule has 32 heavy (non-hydrogen) atoms. The zero-order chi connectivity index (χ0) is 22.4. The van der Waals surface area contributed by atoms with Crippen LogP contribution in [0.2, 0.25) is 0 Å². The van der Waals surface area contributed by atoms with Gasteiger partial charge in [-0.05, 0) is 23.3 Å². The second-order valence-electron chi connectivity index (χ2n) is 7.17. The van der Waals surface area contributed by atoms with Gasteiger partial charge in [0, 0.05) is 57.3 Å². The van der Waals surface area contributed by atoms with E-state index in [1.807, 2.05) is 48.5 Å². The van der Waals surface area contributed by atoms with Crippen LogP contribution in [0.15, 0.2) is 72.0 Å². The fourth-order valence-electron chi connectivity index (χ4n) is 4.44. The Morgan fingerprint density at radius 1 is 0.844 bits per heavy atom. The molecule has 0 unspecified atom stereocenters. The highest BCUT2D eigenvalue weighted by molar-refractivity contribution is 6.20. The summed E-state index contributed by atoms with van der Waals surface area (Å²) < 4.78 is 29.3. The predicted octanol–water partition coefficient (Wildman–Crippen LogP) is 5.56. The van der Waals surface area contributed by atoms with Crippen LogP contribution in [0, 0.1) is 45.6 Å². The Balaban J connectivity index is 2.05. The average molecular weight is 416 g/mol. The van der Waals surface area contributed by atoms with Gasteiger partial charge in [0.05, 0.1) is 11.8 Å². The van der Waals surface area contributed by atoms with E-state index in [2.05, 4.69) is 4.98 Å². The SMILES string of the molecule is N#CC=C1/C(=C2/c3ccccc3-c3ncccc32)C(=C(C#N)C#N)c2c(F)cc(F)cc21. The van der Waals surface area contributed by atoms with Crippen molar-refractivity contribution in [3.8, 4) is 29.5 Å². The monoisotopic (exact) mass is 416 g/mol. The fraction of sp³-hybridized carbons (Fsp3) is 0. The molecule has 148 valence electrons. The second-order valence-corrected chi connectivity index (χ2v) is 7.17. The number of fused-ring (bicyclic) bond motifs is 4. The quantitative estimate of drug-likeness (QED) is 0.351. The number of halogens is 2. The van der Waals surface area contributed by atoms with Gasteiger partial charge in [-0.15, -0.1) is 0 Å². The summed E-state index contributed by atoms with van der Waals surface area (Å²) in [4.78, 5) is 4.49. The molecule has 6 heteroatoms. The van der Waals surface area contributed by atoms with Crippen molar-refractivity contribution < 1.29 is 8.78 Å². The number of nitriles is 3. The highest BCUT2D eigenvalue weighted by Crippen LogP contribution is 2.55. The second kappa shape index (κ2) is 7.13. The van der Waals surface area contributed by atoms with Crippen molar-refractivity contribution in [2.45, 2.75) is 0 Å². The van der Waals surface area contributed by atoms with E-state index in [0.717, 1.165) is 17.2 Å². The van der Waals surface area contributed by atoms with Crippen LogP contribution in [0.4, 0.5) is 8.78 Å². The topological polar surface area (TPSA) is 84.3 Å². The molecule has 0 spiro atoms. The molecule has 0 amide bonds. The van der Waals surface area contributed by atoms with Crippen molar-refractivity contribution in [1.82, 2.24) is 4.98 Å². The minimum Gasteiger partial charge on any atom is -0.256 e. The summed E-state index contributed by atoms with van der Waals surface area (Å²) in [5, 5.41) is 28.8. The number of pyridine rings is 1. The van der Waals surface area contributed by atoms with Crippen molar-refractivity contribution >= 4 is 16.7 Å². The molecule has 2 aliphatic carbocycles. The summed E-state index contributed by atoms with van der Waals surface area (Å²) in [5.41, 5.74) is 3.99. The Bertz CT molecular complexity index is 1510. The van der Waals surface area contributed by atoms with Crippen LogP contribution in [-0.2, 0) is 0 Å². The molecule has 3 aromatic rings. The number of rotatable bonds is 0. The molecule has 1 heterocycles. The average Bonchev–Trinajstić information content (AvgIpc) is 3.28. The molecule has 0 fully saturated rings. The number of benzene rings is 2. The molecule has 0 saturated heterocycles. The molecule has 0 atom stereocenters. The summed E-state index contributed by atoms with van der Waals surface area (Å²) in [5.74, 6) is -1.73. The highest BCUT2D eigenvalue weighted by Gasteiger charge is 2.38. The zero-order valence-electron chi connectivity index (χ0n) is 16.3. The first-order valence-electron chi connectivity index (χ1n) is 9.55. The van der Waals surface area contributed by atoms with Crippen LogP contribution in [0.5, 0.6) is 0 Å². The van der Waals surface area contributed by atoms with Gasteiger partial charge in [-0.2, -0.15) is 15.8 Å². The third kappa shape index (κ3) is 2.53. The largest absolute Gasteiger partial charge is 0.256 e. The molecule has 2 aliphatic rings. The summed E-state index contributed by atoms with van der Waals surface area (Å²) in [6.07, 6.45) is 2.84. The molecule has 0 aliphatic heterocycles. The van der Waals surface area contributed by atoms with Crippen LogP contribution in [-0.4, -0.2) is 4.98 Å². The number of hydrogen-bond donors (Lipinski definition) is 0. The van der Waals surface area contributed by atoms with E-state index in [0.29, 0.717) is 28.5 Å². The summed E-state index contributed by atoms with van der Waals surface area (Å²) in [7, 11) is 0. The Morgan fingerprint density at radius 3 is 2.28 bits per heavy atom. The Morgan fingerprint density at radius 2 is 1.56 bits per heavy atom. The van der Waals surface area contributed by atoms with Gasteiger partial charge in [0.25, 0.3) is 0 Å². The lowest BCUT2D eigenvalue weighted by atomic mass is 9.89. The van der Waals surface area contributed by atoms with Crippen molar-refractivity contribution in [2.24, 2.45) is 0 Å². The molecular formula is C26H10F2N4. The number of hydrogen-bond acceptors (Lipinski definition) is 4. The zero-order valence-corrected chi connectivity index (χ0v) is 16.3. The maximum atomic E-state index is 15.1. The molecule has 2 aromatic carbocycles. The van der Waals surface area contributed by atoms with Gasteiger partial charge >= 0.3 is 0 Å². The first-order valence-corrected chi connectivity index (χ1v) is 9.55. The third-order valence-corrected chi connectivity index (χ3v) is 5.58. The van der Waals surface area contributed by atoms with E-state index < -0.39 is 11.6 Å². The van der Waals surface area contributed by atoms with Gasteiger partial charge in [-0.25, -0.2) is 8.78 Å². The molecule has 4 nitrogen and oxygen atoms in total. The van der Waals surface area contributed by atoms with E-state index in [1.165, 1.54) is 6.08 Å². The van der Waals surface area contributed by atoms with Crippen molar-refractivity contribution in [1.29, 1.82) is 15.8 Å². The van der Waals surface area contributed by atoms with Crippen molar-refractivity contribution in [2.75, 3.05) is 0 Å². The van der Waals surface area contributed by atoms with Crippen LogP contribution in [0.1, 0.15) is 22.3 Å². The molecule has 0 radical (unpaired) electrons. The normalized spacial score (nSPS) is 16.6. The van der Waals surface area contributed by atoms with E-state index in [1.54, 1.807) is 12.3 Å². The molecule has 5 rings (SSSR count). The van der Waals surface area contributed by atoms with Crippen molar-refractivity contribution in [3.63, 3.8) is 0 Å². The van der Waals surface area contributed by atoms with Crippen LogP contribution in [0.25, 0.3) is 28.0 Å². The van der Waals surface area contributed by atoms with E-state index in [4.69, 9.17) is 0 Å². The Kier molecular flexibility index (Phi) is 4.26.